The Morgan fingerprint density at radius 2 is 1.79 bits per heavy atom. The van der Waals surface area contributed by atoms with Crippen LogP contribution in [0.2, 0.25) is 0 Å². The molecule has 2 aliphatic rings. The number of anilines is 1. The van der Waals surface area contributed by atoms with Crippen molar-refractivity contribution in [1.29, 1.82) is 0 Å². The van der Waals surface area contributed by atoms with Crippen LogP contribution in [0.4, 0.5) is 5.69 Å². The number of nitrogens with zero attached hydrogens (tertiary/aromatic N) is 3. The van der Waals surface area contributed by atoms with E-state index < -0.39 is 11.4 Å². The van der Waals surface area contributed by atoms with Gasteiger partial charge in [0.25, 0.3) is 11.8 Å². The largest absolute Gasteiger partial charge is 0.351 e. The van der Waals surface area contributed by atoms with Crippen LogP contribution in [-0.4, -0.2) is 50.3 Å². The first-order valence-electron chi connectivity index (χ1n) is 12.2. The van der Waals surface area contributed by atoms with Gasteiger partial charge >= 0.3 is 0 Å². The molecule has 1 saturated carbocycles. The maximum atomic E-state index is 13.7. The SMILES string of the molecule is CCCN1C(=O)c2c(C(=O)Nc3c(C)cc(C)cc3C)ncn2CC1(C)C(=O)NC1CCCC1. The van der Waals surface area contributed by atoms with Crippen LogP contribution in [0.25, 0.3) is 0 Å². The minimum absolute atomic E-state index is 0.0868. The Kier molecular flexibility index (Phi) is 6.51. The van der Waals surface area contributed by atoms with E-state index in [-0.39, 0.29) is 35.8 Å². The van der Waals surface area contributed by atoms with E-state index in [0.29, 0.717) is 13.0 Å². The molecule has 1 unspecified atom stereocenters. The van der Waals surface area contributed by atoms with Crippen LogP contribution in [0, 0.1) is 20.8 Å². The number of carbonyl (C=O) groups is 3. The quantitative estimate of drug-likeness (QED) is 0.679. The van der Waals surface area contributed by atoms with E-state index in [0.717, 1.165) is 48.1 Å². The molecule has 182 valence electrons. The molecule has 1 atom stereocenters. The maximum absolute atomic E-state index is 13.7. The summed E-state index contributed by atoms with van der Waals surface area (Å²) < 4.78 is 1.66. The van der Waals surface area contributed by atoms with Crippen LogP contribution in [0.15, 0.2) is 18.5 Å². The first-order chi connectivity index (χ1) is 16.2. The van der Waals surface area contributed by atoms with Crippen LogP contribution in [-0.2, 0) is 11.3 Å². The average molecular weight is 466 g/mol. The summed E-state index contributed by atoms with van der Waals surface area (Å²) in [6, 6.07) is 4.18. The summed E-state index contributed by atoms with van der Waals surface area (Å²) in [6.07, 6.45) is 6.38. The molecule has 34 heavy (non-hydrogen) atoms. The van der Waals surface area contributed by atoms with Crippen LogP contribution >= 0.6 is 0 Å². The van der Waals surface area contributed by atoms with Gasteiger partial charge in [0.15, 0.2) is 5.69 Å². The van der Waals surface area contributed by atoms with Gasteiger partial charge in [-0.25, -0.2) is 4.98 Å². The van der Waals surface area contributed by atoms with Crippen molar-refractivity contribution in [3.8, 4) is 0 Å². The van der Waals surface area contributed by atoms with Gasteiger partial charge in [-0.2, -0.15) is 0 Å². The molecular weight excluding hydrogens is 430 g/mol. The van der Waals surface area contributed by atoms with Crippen LogP contribution in [0.5, 0.6) is 0 Å². The van der Waals surface area contributed by atoms with Crippen LogP contribution < -0.4 is 10.6 Å². The van der Waals surface area contributed by atoms with Crippen molar-refractivity contribution < 1.29 is 14.4 Å². The van der Waals surface area contributed by atoms with Gasteiger partial charge in [-0.1, -0.05) is 37.5 Å². The molecule has 0 saturated heterocycles. The number of rotatable bonds is 6. The fourth-order valence-corrected chi connectivity index (χ4v) is 5.39. The Balaban J connectivity index is 1.64. The molecule has 3 amide bonds. The molecule has 2 aromatic rings. The Hall–Kier alpha value is -3.16. The number of hydrogen-bond acceptors (Lipinski definition) is 4. The van der Waals surface area contributed by atoms with Crippen molar-refractivity contribution in [3.05, 3.63) is 46.5 Å². The van der Waals surface area contributed by atoms with E-state index >= 15 is 0 Å². The van der Waals surface area contributed by atoms with Gasteiger partial charge in [0, 0.05) is 18.3 Å². The van der Waals surface area contributed by atoms with Gasteiger partial charge < -0.3 is 20.1 Å². The van der Waals surface area contributed by atoms with Crippen molar-refractivity contribution in [2.75, 3.05) is 11.9 Å². The number of imidazole rings is 1. The zero-order valence-electron chi connectivity index (χ0n) is 20.8. The number of aromatic nitrogens is 2. The third-order valence-electron chi connectivity index (χ3n) is 7.12. The van der Waals surface area contributed by atoms with E-state index in [1.54, 1.807) is 9.47 Å². The molecule has 0 spiro atoms. The van der Waals surface area contributed by atoms with E-state index in [9.17, 15) is 14.4 Å². The van der Waals surface area contributed by atoms with Gasteiger partial charge in [-0.3, -0.25) is 14.4 Å². The maximum Gasteiger partial charge on any atom is 0.276 e. The highest BCUT2D eigenvalue weighted by Gasteiger charge is 2.49. The number of carbonyl (C=O) groups excluding carboxylic acids is 3. The summed E-state index contributed by atoms with van der Waals surface area (Å²) in [6.45, 7) is 10.4. The number of aryl methyl sites for hydroxylation is 3. The fraction of sp³-hybridized carbons (Fsp3) is 0.538. The number of amides is 3. The summed E-state index contributed by atoms with van der Waals surface area (Å²) in [5, 5.41) is 6.11. The molecule has 2 N–H and O–H groups in total. The summed E-state index contributed by atoms with van der Waals surface area (Å²) >= 11 is 0. The number of nitrogens with one attached hydrogen (secondary N) is 2. The average Bonchev–Trinajstić information content (AvgIpc) is 3.43. The monoisotopic (exact) mass is 465 g/mol. The lowest BCUT2D eigenvalue weighted by atomic mass is 9.93. The van der Waals surface area contributed by atoms with E-state index in [4.69, 9.17) is 0 Å². The highest BCUT2D eigenvalue weighted by Crippen LogP contribution is 2.31. The molecule has 0 radical (unpaired) electrons. The summed E-state index contributed by atoms with van der Waals surface area (Å²) in [4.78, 5) is 46.2. The van der Waals surface area contributed by atoms with Gasteiger partial charge in [0.1, 0.15) is 11.2 Å². The third-order valence-corrected chi connectivity index (χ3v) is 7.12. The minimum atomic E-state index is -1.04. The lowest BCUT2D eigenvalue weighted by molar-refractivity contribution is -0.133. The molecule has 8 nitrogen and oxygen atoms in total. The van der Waals surface area contributed by atoms with Crippen molar-refractivity contribution in [2.45, 2.75) is 84.8 Å². The normalized spacial score (nSPS) is 20.4. The molecule has 0 bridgehead atoms. The molecule has 1 aliphatic heterocycles. The Bertz CT molecular complexity index is 1110. The molecule has 8 heteroatoms. The summed E-state index contributed by atoms with van der Waals surface area (Å²) in [5.41, 5.74) is 3.03. The lowest BCUT2D eigenvalue weighted by Crippen LogP contribution is -2.65. The Labute approximate surface area is 201 Å². The summed E-state index contributed by atoms with van der Waals surface area (Å²) in [7, 11) is 0. The molecule has 4 rings (SSSR count). The van der Waals surface area contributed by atoms with Crippen molar-refractivity contribution in [3.63, 3.8) is 0 Å². The second-order valence-corrected chi connectivity index (χ2v) is 9.98. The standard InChI is InChI=1S/C26H35N5O3/c1-6-11-31-24(33)22-21(23(32)29-20-17(3)12-16(2)13-18(20)4)27-15-30(22)14-26(31,5)25(34)28-19-9-7-8-10-19/h12-13,15,19H,6-11,14H2,1-5H3,(H,28,34)(H,29,32). The second kappa shape index (κ2) is 9.24. The summed E-state index contributed by atoms with van der Waals surface area (Å²) in [5.74, 6) is -0.901. The van der Waals surface area contributed by atoms with E-state index in [1.165, 1.54) is 6.33 Å². The second-order valence-electron chi connectivity index (χ2n) is 9.98. The van der Waals surface area contributed by atoms with Gasteiger partial charge in [0.2, 0.25) is 5.91 Å². The first-order valence-corrected chi connectivity index (χ1v) is 12.2. The highest BCUT2D eigenvalue weighted by atomic mass is 16.2. The predicted octanol–water partition coefficient (Wildman–Crippen LogP) is 3.74. The lowest BCUT2D eigenvalue weighted by Gasteiger charge is -2.44. The highest BCUT2D eigenvalue weighted by molar-refractivity contribution is 6.12. The van der Waals surface area contributed by atoms with Crippen molar-refractivity contribution in [1.82, 2.24) is 19.8 Å². The smallest absolute Gasteiger partial charge is 0.276 e. The molecule has 1 aromatic heterocycles. The van der Waals surface area contributed by atoms with Gasteiger partial charge in [-0.15, -0.1) is 0 Å². The molecule has 1 aromatic carbocycles. The van der Waals surface area contributed by atoms with E-state index in [1.807, 2.05) is 46.8 Å². The minimum Gasteiger partial charge on any atom is -0.351 e. The van der Waals surface area contributed by atoms with Gasteiger partial charge in [-0.05, 0) is 58.1 Å². The molecule has 2 heterocycles. The molecule has 1 fully saturated rings. The van der Waals surface area contributed by atoms with E-state index in [2.05, 4.69) is 15.6 Å². The van der Waals surface area contributed by atoms with Crippen LogP contribution in [0.1, 0.15) is 83.6 Å². The first kappa shape index (κ1) is 24.0. The number of fused-ring (bicyclic) bond motifs is 1. The van der Waals surface area contributed by atoms with Crippen molar-refractivity contribution in [2.24, 2.45) is 0 Å². The molecule has 1 aliphatic carbocycles. The zero-order valence-corrected chi connectivity index (χ0v) is 20.8. The Morgan fingerprint density at radius 1 is 1.15 bits per heavy atom. The zero-order chi connectivity index (χ0) is 24.6. The number of benzene rings is 1. The Morgan fingerprint density at radius 3 is 2.41 bits per heavy atom. The van der Waals surface area contributed by atoms with Crippen molar-refractivity contribution >= 4 is 23.4 Å². The molecular formula is C26H35N5O3. The van der Waals surface area contributed by atoms with Crippen LogP contribution in [0.3, 0.4) is 0 Å². The third kappa shape index (κ3) is 4.21. The fourth-order valence-electron chi connectivity index (χ4n) is 5.39. The number of hydrogen-bond donors (Lipinski definition) is 2. The topological polar surface area (TPSA) is 96.3 Å². The van der Waals surface area contributed by atoms with Gasteiger partial charge in [0.05, 0.1) is 12.9 Å². The predicted molar refractivity (Wildman–Crippen MR) is 131 cm³/mol.